The summed E-state index contributed by atoms with van der Waals surface area (Å²) in [6, 6.07) is 7.69. The molecule has 3 heterocycles. The zero-order chi connectivity index (χ0) is 18.8. The van der Waals surface area contributed by atoms with Gasteiger partial charge in [-0.05, 0) is 43.9 Å². The van der Waals surface area contributed by atoms with Crippen molar-refractivity contribution in [1.29, 1.82) is 0 Å². The Kier molecular flexibility index (Phi) is 3.38. The van der Waals surface area contributed by atoms with Crippen molar-refractivity contribution in [3.8, 4) is 0 Å². The molecular weight excluding hydrogens is 342 g/mol. The number of hydrogen-bond donors (Lipinski definition) is 2. The van der Waals surface area contributed by atoms with Gasteiger partial charge in [-0.15, -0.1) is 0 Å². The Balaban J connectivity index is 1.41. The molecular formula is C20H23N5O2. The third-order valence-corrected chi connectivity index (χ3v) is 6.32. The number of aryl methyl sites for hydroxylation is 2. The number of likely N-dealkylation sites (tertiary alicyclic amines) is 1. The first-order valence-corrected chi connectivity index (χ1v) is 9.45. The predicted octanol–water partition coefficient (Wildman–Crippen LogP) is 1.76. The van der Waals surface area contributed by atoms with Gasteiger partial charge in [0.2, 0.25) is 0 Å². The van der Waals surface area contributed by atoms with E-state index >= 15 is 0 Å². The zero-order valence-electron chi connectivity index (χ0n) is 15.5. The van der Waals surface area contributed by atoms with Crippen molar-refractivity contribution in [2.75, 3.05) is 18.4 Å². The Hall–Kier alpha value is -2.83. The van der Waals surface area contributed by atoms with Gasteiger partial charge in [0.1, 0.15) is 11.4 Å². The molecule has 140 valence electrons. The van der Waals surface area contributed by atoms with E-state index in [1.807, 2.05) is 37.1 Å². The highest BCUT2D eigenvalue weighted by molar-refractivity contribution is 6.02. The standard InChI is InChI=1S/C20H23N5O2/c1-12-3-4-16-14(9-12)18(26)22-20(21-16)7-5-13-10-25(11-15(13)20)19(27)17-6-8-24(2)23-17/h3-4,6,8-9,13,15,21H,5,7,10-11H2,1-2H3,(H,22,26)/t13-,15+,20?/m0/s1. The normalized spacial score (nSPS) is 28.7. The lowest BCUT2D eigenvalue weighted by atomic mass is 9.89. The van der Waals surface area contributed by atoms with Crippen molar-refractivity contribution in [2.45, 2.75) is 25.4 Å². The number of nitrogens with one attached hydrogen (secondary N) is 2. The lowest BCUT2D eigenvalue weighted by Gasteiger charge is -2.42. The Morgan fingerprint density at radius 3 is 2.89 bits per heavy atom. The highest BCUT2D eigenvalue weighted by Gasteiger charge is 2.55. The molecule has 1 saturated heterocycles. The SMILES string of the molecule is Cc1ccc2c(c1)C(=O)NC1(CC[C@H]3CN(C(=O)c4ccn(C)n4)C[C@H]31)N2. The number of carbonyl (C=O) groups excluding carboxylic acids is 2. The van der Waals surface area contributed by atoms with Crippen LogP contribution in [-0.4, -0.2) is 45.2 Å². The van der Waals surface area contributed by atoms with Crippen LogP contribution in [-0.2, 0) is 7.05 Å². The Morgan fingerprint density at radius 2 is 2.11 bits per heavy atom. The van der Waals surface area contributed by atoms with Crippen molar-refractivity contribution in [2.24, 2.45) is 18.9 Å². The van der Waals surface area contributed by atoms with Crippen LogP contribution in [0.25, 0.3) is 0 Å². The van der Waals surface area contributed by atoms with Gasteiger partial charge in [-0.25, -0.2) is 0 Å². The highest BCUT2D eigenvalue weighted by Crippen LogP contribution is 2.47. The van der Waals surface area contributed by atoms with Crippen molar-refractivity contribution in [3.63, 3.8) is 0 Å². The molecule has 3 aliphatic rings. The second-order valence-electron chi connectivity index (χ2n) is 8.09. The van der Waals surface area contributed by atoms with E-state index in [-0.39, 0.29) is 17.7 Å². The molecule has 1 aromatic heterocycles. The van der Waals surface area contributed by atoms with Crippen LogP contribution < -0.4 is 10.6 Å². The van der Waals surface area contributed by atoms with E-state index in [0.717, 1.165) is 30.6 Å². The fourth-order valence-corrected chi connectivity index (χ4v) is 4.98. The van der Waals surface area contributed by atoms with Crippen molar-refractivity contribution >= 4 is 17.5 Å². The Labute approximate surface area is 157 Å². The second-order valence-corrected chi connectivity index (χ2v) is 8.09. The van der Waals surface area contributed by atoms with Crippen molar-refractivity contribution in [3.05, 3.63) is 47.3 Å². The summed E-state index contributed by atoms with van der Waals surface area (Å²) in [7, 11) is 1.81. The van der Waals surface area contributed by atoms with E-state index in [1.165, 1.54) is 0 Å². The molecule has 2 amide bonds. The number of benzene rings is 1. The van der Waals surface area contributed by atoms with Gasteiger partial charge in [-0.3, -0.25) is 14.3 Å². The summed E-state index contributed by atoms with van der Waals surface area (Å²) in [5.74, 6) is 0.530. The molecule has 5 rings (SSSR count). The summed E-state index contributed by atoms with van der Waals surface area (Å²) >= 11 is 0. The second kappa shape index (κ2) is 5.58. The van der Waals surface area contributed by atoms with Crippen LogP contribution in [0.3, 0.4) is 0 Å². The van der Waals surface area contributed by atoms with Gasteiger partial charge >= 0.3 is 0 Å². The van der Waals surface area contributed by atoms with E-state index in [0.29, 0.717) is 23.7 Å². The van der Waals surface area contributed by atoms with Crippen LogP contribution in [0.2, 0.25) is 0 Å². The molecule has 0 bridgehead atoms. The number of rotatable bonds is 1. The third kappa shape index (κ3) is 2.44. The summed E-state index contributed by atoms with van der Waals surface area (Å²) in [5.41, 5.74) is 2.67. The Morgan fingerprint density at radius 1 is 1.26 bits per heavy atom. The summed E-state index contributed by atoms with van der Waals surface area (Å²) in [6.07, 6.45) is 3.66. The van der Waals surface area contributed by atoms with Gasteiger partial charge in [-0.1, -0.05) is 11.6 Å². The minimum Gasteiger partial charge on any atom is -0.362 e. The summed E-state index contributed by atoms with van der Waals surface area (Å²) in [6.45, 7) is 3.34. The molecule has 1 saturated carbocycles. The fraction of sp³-hybridized carbons (Fsp3) is 0.450. The molecule has 1 aliphatic carbocycles. The number of amides is 2. The van der Waals surface area contributed by atoms with Crippen molar-refractivity contribution < 1.29 is 9.59 Å². The molecule has 3 atom stereocenters. The van der Waals surface area contributed by atoms with Crippen LogP contribution >= 0.6 is 0 Å². The average Bonchev–Trinajstić information content (AvgIpc) is 3.33. The third-order valence-electron chi connectivity index (χ3n) is 6.32. The largest absolute Gasteiger partial charge is 0.362 e. The number of carbonyl (C=O) groups is 2. The van der Waals surface area contributed by atoms with Gasteiger partial charge in [-0.2, -0.15) is 5.10 Å². The average molecular weight is 365 g/mol. The van der Waals surface area contributed by atoms with Gasteiger partial charge in [0, 0.05) is 37.9 Å². The first-order chi connectivity index (χ1) is 12.9. The molecule has 1 spiro atoms. The molecule has 1 aromatic carbocycles. The topological polar surface area (TPSA) is 79.3 Å². The molecule has 7 nitrogen and oxygen atoms in total. The first-order valence-electron chi connectivity index (χ1n) is 9.45. The van der Waals surface area contributed by atoms with E-state index in [4.69, 9.17) is 0 Å². The van der Waals surface area contributed by atoms with Crippen molar-refractivity contribution in [1.82, 2.24) is 20.0 Å². The number of anilines is 1. The van der Waals surface area contributed by atoms with Gasteiger partial charge < -0.3 is 15.5 Å². The first kappa shape index (κ1) is 16.4. The molecule has 2 aromatic rings. The fourth-order valence-electron chi connectivity index (χ4n) is 4.98. The minimum atomic E-state index is -0.469. The zero-order valence-corrected chi connectivity index (χ0v) is 15.5. The summed E-state index contributed by atoms with van der Waals surface area (Å²) in [5, 5.41) is 11.1. The van der Waals surface area contributed by atoms with Crippen LogP contribution in [0.15, 0.2) is 30.5 Å². The smallest absolute Gasteiger partial charge is 0.274 e. The summed E-state index contributed by atoms with van der Waals surface area (Å²) in [4.78, 5) is 27.5. The quantitative estimate of drug-likeness (QED) is 0.807. The number of nitrogens with zero attached hydrogens (tertiary/aromatic N) is 3. The number of fused-ring (bicyclic) bond motifs is 3. The monoisotopic (exact) mass is 365 g/mol. The number of hydrogen-bond acceptors (Lipinski definition) is 4. The van der Waals surface area contributed by atoms with E-state index in [9.17, 15) is 9.59 Å². The lowest BCUT2D eigenvalue weighted by Crippen LogP contribution is -2.61. The molecule has 2 N–H and O–H groups in total. The van der Waals surface area contributed by atoms with Crippen LogP contribution in [0.5, 0.6) is 0 Å². The van der Waals surface area contributed by atoms with Crippen LogP contribution in [0.1, 0.15) is 39.3 Å². The van der Waals surface area contributed by atoms with Crippen LogP contribution in [0.4, 0.5) is 5.69 Å². The molecule has 2 fully saturated rings. The van der Waals surface area contributed by atoms with Gasteiger partial charge in [0.15, 0.2) is 0 Å². The number of aromatic nitrogens is 2. The summed E-state index contributed by atoms with van der Waals surface area (Å²) < 4.78 is 1.65. The Bertz CT molecular complexity index is 952. The molecule has 2 aliphatic heterocycles. The van der Waals surface area contributed by atoms with Gasteiger partial charge in [0.25, 0.3) is 11.8 Å². The van der Waals surface area contributed by atoms with Gasteiger partial charge in [0.05, 0.1) is 5.56 Å². The van der Waals surface area contributed by atoms with E-state index in [2.05, 4.69) is 15.7 Å². The van der Waals surface area contributed by atoms with Crippen LogP contribution in [0, 0.1) is 18.8 Å². The maximum absolute atomic E-state index is 12.8. The minimum absolute atomic E-state index is 0.0254. The molecule has 27 heavy (non-hydrogen) atoms. The maximum Gasteiger partial charge on any atom is 0.274 e. The van der Waals surface area contributed by atoms with E-state index < -0.39 is 5.66 Å². The lowest BCUT2D eigenvalue weighted by molar-refractivity contribution is 0.0761. The molecule has 0 radical (unpaired) electrons. The maximum atomic E-state index is 12.8. The predicted molar refractivity (Wildman–Crippen MR) is 100 cm³/mol. The molecule has 7 heteroatoms. The van der Waals surface area contributed by atoms with E-state index in [1.54, 1.807) is 16.9 Å². The highest BCUT2D eigenvalue weighted by atomic mass is 16.2. The molecule has 1 unspecified atom stereocenters.